The van der Waals surface area contributed by atoms with Crippen LogP contribution in [-0.2, 0) is 32.6 Å². The van der Waals surface area contributed by atoms with Crippen molar-refractivity contribution in [1.29, 1.82) is 0 Å². The predicted octanol–water partition coefficient (Wildman–Crippen LogP) is 3.49. The minimum Gasteiger partial charge on any atom is -0.357 e. The highest BCUT2D eigenvalue weighted by atomic mass is 35.5. The SMILES string of the molecule is CNC(=O)[C@H](Cc1ccccc1)N(Cc1ccc(F)cc1)C(=O)CN(C)S(=O)(=O)c1ccc(Cl)cc1. The fraction of sp³-hybridized carbons (Fsp3) is 0.231. The quantitative estimate of drug-likeness (QED) is 0.434. The van der Waals surface area contributed by atoms with Gasteiger partial charge in [-0.3, -0.25) is 9.59 Å². The van der Waals surface area contributed by atoms with Crippen LogP contribution in [0.15, 0.2) is 83.8 Å². The highest BCUT2D eigenvalue weighted by Crippen LogP contribution is 2.19. The van der Waals surface area contributed by atoms with Gasteiger partial charge in [-0.2, -0.15) is 4.31 Å². The van der Waals surface area contributed by atoms with E-state index in [1.807, 2.05) is 30.3 Å². The molecule has 0 fully saturated rings. The molecule has 1 N–H and O–H groups in total. The molecule has 1 atom stereocenters. The maximum atomic E-state index is 13.6. The van der Waals surface area contributed by atoms with Crippen molar-refractivity contribution >= 4 is 33.4 Å². The molecule has 3 aromatic carbocycles. The number of nitrogens with one attached hydrogen (secondary N) is 1. The lowest BCUT2D eigenvalue weighted by Crippen LogP contribution is -2.52. The summed E-state index contributed by atoms with van der Waals surface area (Å²) in [5.74, 6) is -1.42. The Hall–Kier alpha value is -3.27. The number of carbonyl (C=O) groups excluding carboxylic acids is 2. The predicted molar refractivity (Wildman–Crippen MR) is 136 cm³/mol. The number of sulfonamides is 1. The molecule has 0 aliphatic rings. The molecule has 2 amide bonds. The van der Waals surface area contributed by atoms with Crippen molar-refractivity contribution < 1.29 is 22.4 Å². The van der Waals surface area contributed by atoms with Gasteiger partial charge in [-0.15, -0.1) is 0 Å². The monoisotopic (exact) mass is 531 g/mol. The maximum Gasteiger partial charge on any atom is 0.243 e. The lowest BCUT2D eigenvalue weighted by molar-refractivity contribution is -0.141. The number of amides is 2. The Balaban J connectivity index is 1.93. The third-order valence-corrected chi connectivity index (χ3v) is 7.73. The minimum atomic E-state index is -4.00. The first-order chi connectivity index (χ1) is 17.1. The molecule has 0 radical (unpaired) electrons. The van der Waals surface area contributed by atoms with Crippen LogP contribution in [0.5, 0.6) is 0 Å². The number of halogens is 2. The highest BCUT2D eigenvalue weighted by molar-refractivity contribution is 7.89. The van der Waals surface area contributed by atoms with Gasteiger partial charge >= 0.3 is 0 Å². The summed E-state index contributed by atoms with van der Waals surface area (Å²) in [7, 11) is -1.23. The Morgan fingerprint density at radius 1 is 0.944 bits per heavy atom. The summed E-state index contributed by atoms with van der Waals surface area (Å²) in [5, 5.41) is 2.98. The van der Waals surface area contributed by atoms with E-state index in [0.29, 0.717) is 10.6 Å². The molecule has 3 aromatic rings. The molecule has 36 heavy (non-hydrogen) atoms. The van der Waals surface area contributed by atoms with E-state index in [4.69, 9.17) is 11.6 Å². The molecule has 0 aliphatic carbocycles. The van der Waals surface area contributed by atoms with Gasteiger partial charge in [0.15, 0.2) is 0 Å². The topological polar surface area (TPSA) is 86.8 Å². The summed E-state index contributed by atoms with van der Waals surface area (Å²) < 4.78 is 40.5. The van der Waals surface area contributed by atoms with Crippen LogP contribution in [0.1, 0.15) is 11.1 Å². The van der Waals surface area contributed by atoms with Crippen molar-refractivity contribution in [3.63, 3.8) is 0 Å². The standard InChI is InChI=1S/C26H27ClFN3O4S/c1-29-26(33)24(16-19-6-4-3-5-7-19)31(17-20-8-12-22(28)13-9-20)25(32)18-30(2)36(34,35)23-14-10-21(27)11-15-23/h3-15,24H,16-18H2,1-2H3,(H,29,33)/t24-/m0/s1. The first-order valence-corrected chi connectivity index (χ1v) is 12.9. The van der Waals surface area contributed by atoms with E-state index in [-0.39, 0.29) is 17.9 Å². The average Bonchev–Trinajstić information content (AvgIpc) is 2.87. The molecule has 0 aliphatic heterocycles. The molecule has 0 spiro atoms. The van der Waals surface area contributed by atoms with Gasteiger partial charge in [-0.1, -0.05) is 54.1 Å². The molecule has 3 rings (SSSR count). The van der Waals surface area contributed by atoms with E-state index in [0.717, 1.165) is 9.87 Å². The van der Waals surface area contributed by atoms with Crippen LogP contribution in [-0.4, -0.2) is 56.1 Å². The second-order valence-corrected chi connectivity index (χ2v) is 10.7. The molecular weight excluding hydrogens is 505 g/mol. The molecule has 0 saturated heterocycles. The first-order valence-electron chi connectivity index (χ1n) is 11.1. The van der Waals surface area contributed by atoms with Crippen molar-refractivity contribution in [2.75, 3.05) is 20.6 Å². The van der Waals surface area contributed by atoms with E-state index in [1.165, 1.54) is 67.5 Å². The fourth-order valence-electron chi connectivity index (χ4n) is 3.66. The molecular formula is C26H27ClFN3O4S. The highest BCUT2D eigenvalue weighted by Gasteiger charge is 2.32. The maximum absolute atomic E-state index is 13.6. The molecule has 0 saturated carbocycles. The Morgan fingerprint density at radius 2 is 1.56 bits per heavy atom. The summed E-state index contributed by atoms with van der Waals surface area (Å²) in [5.41, 5.74) is 1.42. The van der Waals surface area contributed by atoms with Crippen molar-refractivity contribution in [2.45, 2.75) is 23.9 Å². The summed E-state index contributed by atoms with van der Waals surface area (Å²) in [4.78, 5) is 27.8. The van der Waals surface area contributed by atoms with Gasteiger partial charge in [0.1, 0.15) is 11.9 Å². The Labute approximate surface area is 215 Å². The van der Waals surface area contributed by atoms with Gasteiger partial charge < -0.3 is 10.2 Å². The summed E-state index contributed by atoms with van der Waals surface area (Å²) in [6.45, 7) is -0.521. The van der Waals surface area contributed by atoms with Gasteiger partial charge in [-0.05, 0) is 47.5 Å². The number of hydrogen-bond donors (Lipinski definition) is 1. The number of nitrogens with zero attached hydrogens (tertiary/aromatic N) is 2. The van der Waals surface area contributed by atoms with E-state index in [9.17, 15) is 22.4 Å². The minimum absolute atomic E-state index is 0.0144. The third-order valence-electron chi connectivity index (χ3n) is 5.66. The summed E-state index contributed by atoms with van der Waals surface area (Å²) >= 11 is 5.87. The summed E-state index contributed by atoms with van der Waals surface area (Å²) in [6, 6.07) is 19.4. The van der Waals surface area contributed by atoms with Crippen molar-refractivity contribution in [3.05, 3.63) is 101 Å². The number of likely N-dealkylation sites (N-methyl/N-ethyl adjacent to an activating group) is 2. The van der Waals surface area contributed by atoms with Crippen LogP contribution >= 0.6 is 11.6 Å². The van der Waals surface area contributed by atoms with Crippen molar-refractivity contribution in [1.82, 2.24) is 14.5 Å². The third kappa shape index (κ3) is 6.90. The van der Waals surface area contributed by atoms with Crippen molar-refractivity contribution in [2.24, 2.45) is 0 Å². The smallest absolute Gasteiger partial charge is 0.243 e. The molecule has 0 aromatic heterocycles. The van der Waals surface area contributed by atoms with E-state index < -0.39 is 40.2 Å². The fourth-order valence-corrected chi connectivity index (χ4v) is 4.91. The number of benzene rings is 3. The summed E-state index contributed by atoms with van der Waals surface area (Å²) in [6.07, 6.45) is 0.209. The molecule has 0 unspecified atom stereocenters. The zero-order valence-electron chi connectivity index (χ0n) is 19.9. The van der Waals surface area contributed by atoms with Gasteiger partial charge in [0.25, 0.3) is 0 Å². The average molecular weight is 532 g/mol. The van der Waals surface area contributed by atoms with E-state index in [2.05, 4.69) is 5.32 Å². The van der Waals surface area contributed by atoms with Crippen molar-refractivity contribution in [3.8, 4) is 0 Å². The largest absolute Gasteiger partial charge is 0.357 e. The van der Waals surface area contributed by atoms with Gasteiger partial charge in [0.05, 0.1) is 11.4 Å². The number of hydrogen-bond acceptors (Lipinski definition) is 4. The lowest BCUT2D eigenvalue weighted by Gasteiger charge is -2.32. The van der Waals surface area contributed by atoms with Crippen LogP contribution in [0.25, 0.3) is 0 Å². The number of rotatable bonds is 10. The zero-order chi connectivity index (χ0) is 26.3. The first kappa shape index (κ1) is 27.3. The Bertz CT molecular complexity index is 1290. The molecule has 10 heteroatoms. The van der Waals surface area contributed by atoms with E-state index >= 15 is 0 Å². The van der Waals surface area contributed by atoms with Crippen LogP contribution in [0.3, 0.4) is 0 Å². The molecule has 7 nitrogen and oxygen atoms in total. The normalized spacial score (nSPS) is 12.2. The van der Waals surface area contributed by atoms with Gasteiger partial charge in [-0.25, -0.2) is 12.8 Å². The van der Waals surface area contributed by atoms with Crippen LogP contribution < -0.4 is 5.32 Å². The van der Waals surface area contributed by atoms with E-state index in [1.54, 1.807) is 0 Å². The Morgan fingerprint density at radius 3 is 2.14 bits per heavy atom. The molecule has 0 heterocycles. The second kappa shape index (κ2) is 12.1. The molecule has 0 bridgehead atoms. The Kier molecular flexibility index (Phi) is 9.19. The van der Waals surface area contributed by atoms with Gasteiger partial charge in [0, 0.05) is 32.1 Å². The van der Waals surface area contributed by atoms with Crippen LogP contribution in [0.2, 0.25) is 5.02 Å². The number of carbonyl (C=O) groups is 2. The zero-order valence-corrected chi connectivity index (χ0v) is 21.5. The van der Waals surface area contributed by atoms with Crippen LogP contribution in [0.4, 0.5) is 4.39 Å². The second-order valence-electron chi connectivity index (χ2n) is 8.18. The van der Waals surface area contributed by atoms with Crippen LogP contribution in [0, 0.1) is 5.82 Å². The lowest BCUT2D eigenvalue weighted by atomic mass is 10.0. The molecule has 190 valence electrons. The van der Waals surface area contributed by atoms with Gasteiger partial charge in [0.2, 0.25) is 21.8 Å².